The van der Waals surface area contributed by atoms with Gasteiger partial charge in [0.25, 0.3) is 11.8 Å². The predicted molar refractivity (Wildman–Crippen MR) is 105 cm³/mol. The standard InChI is InChI=1S/C22H19N3O3/c1-24-16(11-12-23-24)13-20-18-5-3-4-6-19(18)21(26)25(22(20)27)14-15-7-9-17(28-2)10-8-15/h3-13H,14H2,1-2H3/b20-13+. The Morgan fingerprint density at radius 3 is 2.32 bits per heavy atom. The molecule has 0 aliphatic carbocycles. The second-order valence-corrected chi connectivity index (χ2v) is 6.53. The Labute approximate surface area is 162 Å². The van der Waals surface area contributed by atoms with Crippen LogP contribution in [0.2, 0.25) is 0 Å². The Morgan fingerprint density at radius 2 is 1.68 bits per heavy atom. The zero-order valence-electron chi connectivity index (χ0n) is 15.6. The monoisotopic (exact) mass is 373 g/mol. The molecule has 3 aromatic rings. The molecule has 28 heavy (non-hydrogen) atoms. The van der Waals surface area contributed by atoms with E-state index >= 15 is 0 Å². The number of aryl methyl sites for hydroxylation is 1. The first-order valence-electron chi connectivity index (χ1n) is 8.86. The molecular weight excluding hydrogens is 354 g/mol. The summed E-state index contributed by atoms with van der Waals surface area (Å²) in [5, 5.41) is 4.15. The third-order valence-electron chi connectivity index (χ3n) is 4.82. The Morgan fingerprint density at radius 1 is 0.964 bits per heavy atom. The van der Waals surface area contributed by atoms with Gasteiger partial charge in [-0.15, -0.1) is 0 Å². The molecule has 0 saturated carbocycles. The molecule has 0 radical (unpaired) electrons. The lowest BCUT2D eigenvalue weighted by molar-refractivity contribution is -0.123. The molecule has 2 amide bonds. The first-order chi connectivity index (χ1) is 13.6. The van der Waals surface area contributed by atoms with Crippen LogP contribution >= 0.6 is 0 Å². The van der Waals surface area contributed by atoms with Crippen molar-refractivity contribution in [2.45, 2.75) is 6.54 Å². The minimum Gasteiger partial charge on any atom is -0.497 e. The quantitative estimate of drug-likeness (QED) is 0.521. The number of benzene rings is 2. The van der Waals surface area contributed by atoms with E-state index in [1.54, 1.807) is 42.3 Å². The maximum absolute atomic E-state index is 13.2. The third kappa shape index (κ3) is 3.09. The van der Waals surface area contributed by atoms with Crippen LogP contribution in [0, 0.1) is 0 Å². The maximum atomic E-state index is 13.2. The molecule has 6 heteroatoms. The van der Waals surface area contributed by atoms with Crippen molar-refractivity contribution in [1.82, 2.24) is 14.7 Å². The molecule has 6 nitrogen and oxygen atoms in total. The summed E-state index contributed by atoms with van der Waals surface area (Å²) in [6.07, 6.45) is 3.45. The van der Waals surface area contributed by atoms with Crippen LogP contribution in [0.25, 0.3) is 11.6 Å². The Balaban J connectivity index is 1.76. The molecule has 0 bridgehead atoms. The summed E-state index contributed by atoms with van der Waals surface area (Å²) >= 11 is 0. The summed E-state index contributed by atoms with van der Waals surface area (Å²) < 4.78 is 6.86. The van der Waals surface area contributed by atoms with Gasteiger partial charge in [0.1, 0.15) is 5.75 Å². The third-order valence-corrected chi connectivity index (χ3v) is 4.82. The normalized spacial score (nSPS) is 15.1. The van der Waals surface area contributed by atoms with Crippen molar-refractivity contribution in [1.29, 1.82) is 0 Å². The fourth-order valence-electron chi connectivity index (χ4n) is 3.27. The van der Waals surface area contributed by atoms with E-state index in [0.717, 1.165) is 17.0 Å². The van der Waals surface area contributed by atoms with Crippen LogP contribution in [0.3, 0.4) is 0 Å². The molecule has 1 aliphatic heterocycles. The van der Waals surface area contributed by atoms with Gasteiger partial charge in [0.2, 0.25) is 0 Å². The van der Waals surface area contributed by atoms with Gasteiger partial charge in [-0.1, -0.05) is 30.3 Å². The largest absolute Gasteiger partial charge is 0.497 e. The van der Waals surface area contributed by atoms with Crippen molar-refractivity contribution in [2.75, 3.05) is 7.11 Å². The fourth-order valence-corrected chi connectivity index (χ4v) is 3.27. The number of amides is 2. The highest BCUT2D eigenvalue weighted by Gasteiger charge is 2.34. The highest BCUT2D eigenvalue weighted by molar-refractivity contribution is 6.33. The SMILES string of the molecule is COc1ccc(CN2C(=O)/C(=C/c3ccnn3C)c3ccccc3C2=O)cc1. The van der Waals surface area contributed by atoms with Crippen LogP contribution in [0.4, 0.5) is 0 Å². The molecule has 1 aromatic heterocycles. The van der Waals surface area contributed by atoms with Gasteiger partial charge in [-0.25, -0.2) is 0 Å². The molecular formula is C22H19N3O3. The average Bonchev–Trinajstić information content (AvgIpc) is 3.13. The van der Waals surface area contributed by atoms with Gasteiger partial charge in [-0.3, -0.25) is 19.2 Å². The number of ether oxygens (including phenoxy) is 1. The Bertz CT molecular complexity index is 1080. The molecule has 0 unspecified atom stereocenters. The Kier molecular flexibility index (Phi) is 4.53. The van der Waals surface area contributed by atoms with Gasteiger partial charge in [0.05, 0.1) is 24.9 Å². The molecule has 4 rings (SSSR count). The summed E-state index contributed by atoms with van der Waals surface area (Å²) in [5.41, 5.74) is 3.28. The zero-order valence-corrected chi connectivity index (χ0v) is 15.6. The lowest BCUT2D eigenvalue weighted by Gasteiger charge is -2.28. The van der Waals surface area contributed by atoms with Crippen LogP contribution in [-0.4, -0.2) is 33.6 Å². The number of rotatable bonds is 4. The average molecular weight is 373 g/mol. The number of carbonyl (C=O) groups excluding carboxylic acids is 2. The van der Waals surface area contributed by atoms with Crippen molar-refractivity contribution < 1.29 is 14.3 Å². The lowest BCUT2D eigenvalue weighted by atomic mass is 9.92. The zero-order chi connectivity index (χ0) is 19.7. The van der Waals surface area contributed by atoms with Crippen LogP contribution in [0.15, 0.2) is 60.8 Å². The smallest absolute Gasteiger partial charge is 0.261 e. The lowest BCUT2D eigenvalue weighted by Crippen LogP contribution is -2.41. The first-order valence-corrected chi connectivity index (χ1v) is 8.86. The van der Waals surface area contributed by atoms with Crippen molar-refractivity contribution in [3.8, 4) is 5.75 Å². The molecule has 0 N–H and O–H groups in total. The van der Waals surface area contributed by atoms with Crippen molar-refractivity contribution in [3.05, 3.63) is 83.2 Å². The van der Waals surface area contributed by atoms with E-state index in [9.17, 15) is 9.59 Å². The molecule has 0 fully saturated rings. The van der Waals surface area contributed by atoms with Crippen molar-refractivity contribution in [3.63, 3.8) is 0 Å². The summed E-state index contributed by atoms with van der Waals surface area (Å²) in [7, 11) is 3.41. The van der Waals surface area contributed by atoms with E-state index in [1.165, 1.54) is 4.90 Å². The van der Waals surface area contributed by atoms with Crippen LogP contribution in [0.1, 0.15) is 27.2 Å². The number of carbonyl (C=O) groups is 2. The van der Waals surface area contributed by atoms with Crippen LogP contribution < -0.4 is 4.74 Å². The van der Waals surface area contributed by atoms with Crippen molar-refractivity contribution >= 4 is 23.5 Å². The van der Waals surface area contributed by atoms with E-state index in [4.69, 9.17) is 4.74 Å². The molecule has 2 heterocycles. The number of aromatic nitrogens is 2. The van der Waals surface area contributed by atoms with E-state index in [1.807, 2.05) is 43.4 Å². The van der Waals surface area contributed by atoms with Gasteiger partial charge in [-0.2, -0.15) is 5.10 Å². The van der Waals surface area contributed by atoms with Crippen LogP contribution in [0.5, 0.6) is 5.75 Å². The maximum Gasteiger partial charge on any atom is 0.261 e. The second kappa shape index (κ2) is 7.15. The van der Waals surface area contributed by atoms with Gasteiger partial charge in [-0.05, 0) is 35.9 Å². The van der Waals surface area contributed by atoms with Crippen LogP contribution in [-0.2, 0) is 18.4 Å². The van der Waals surface area contributed by atoms with Gasteiger partial charge in [0.15, 0.2) is 0 Å². The summed E-state index contributed by atoms with van der Waals surface area (Å²) in [5.74, 6) is 0.112. The number of hydrogen-bond acceptors (Lipinski definition) is 4. The molecule has 0 atom stereocenters. The minimum atomic E-state index is -0.319. The summed E-state index contributed by atoms with van der Waals surface area (Å²) in [6, 6.07) is 16.3. The van der Waals surface area contributed by atoms with Gasteiger partial charge >= 0.3 is 0 Å². The summed E-state index contributed by atoms with van der Waals surface area (Å²) in [6.45, 7) is 0.193. The van der Waals surface area contributed by atoms with E-state index in [-0.39, 0.29) is 18.4 Å². The molecule has 0 spiro atoms. The van der Waals surface area contributed by atoms with E-state index < -0.39 is 0 Å². The number of hydrogen-bond donors (Lipinski definition) is 0. The molecule has 0 saturated heterocycles. The fraction of sp³-hybridized carbons (Fsp3) is 0.136. The summed E-state index contributed by atoms with van der Waals surface area (Å²) in [4.78, 5) is 27.5. The highest BCUT2D eigenvalue weighted by atomic mass is 16.5. The number of imide groups is 1. The van der Waals surface area contributed by atoms with Gasteiger partial charge in [0, 0.05) is 24.4 Å². The van der Waals surface area contributed by atoms with Crippen molar-refractivity contribution in [2.24, 2.45) is 7.05 Å². The Hall–Kier alpha value is -3.67. The first kappa shape index (κ1) is 17.7. The minimum absolute atomic E-state index is 0.193. The molecule has 1 aliphatic rings. The van der Waals surface area contributed by atoms with E-state index in [0.29, 0.717) is 16.7 Å². The van der Waals surface area contributed by atoms with E-state index in [2.05, 4.69) is 5.10 Å². The number of nitrogens with zero attached hydrogens (tertiary/aromatic N) is 3. The molecule has 2 aromatic carbocycles. The number of methoxy groups -OCH3 is 1. The topological polar surface area (TPSA) is 64.4 Å². The molecule has 140 valence electrons. The predicted octanol–water partition coefficient (Wildman–Crippen LogP) is 3.15. The second-order valence-electron chi connectivity index (χ2n) is 6.53. The van der Waals surface area contributed by atoms with Gasteiger partial charge < -0.3 is 4.74 Å². The highest BCUT2D eigenvalue weighted by Crippen LogP contribution is 2.31. The number of fused-ring (bicyclic) bond motifs is 1.